The molecule has 6 rings (SSSR count). The number of aromatic nitrogens is 5. The molecule has 4 heterocycles. The highest BCUT2D eigenvalue weighted by atomic mass is 32.1. The Hall–Kier alpha value is -3.86. The monoisotopic (exact) mass is 521 g/mol. The summed E-state index contributed by atoms with van der Waals surface area (Å²) in [5.74, 6) is -0.454. The summed E-state index contributed by atoms with van der Waals surface area (Å²) >= 11 is 1.46. The van der Waals surface area contributed by atoms with Gasteiger partial charge < -0.3 is 20.2 Å². The van der Waals surface area contributed by atoms with Crippen LogP contribution < -0.4 is 10.6 Å². The van der Waals surface area contributed by atoms with E-state index in [0.29, 0.717) is 33.9 Å². The molecule has 1 amide bonds. The number of amides is 1. The predicted molar refractivity (Wildman–Crippen MR) is 140 cm³/mol. The molecule has 4 aromatic heterocycles. The van der Waals surface area contributed by atoms with Gasteiger partial charge in [-0.05, 0) is 44.7 Å². The standard InChI is InChI=1S/C26H25F2N7OS/c1-13-30-21(12-37-13)26(36)32-16-5-3-4-15(10-16)31-23-17-6-7-35(2)25(17)34-24(33-23)19-11-29-22-18(19)8-14(27)9-20(22)28/h6-9,11-12,15-16,29H,3-5,10H2,1-2H3,(H,32,36)(H,31,33,34)/t15-,16+/m0/s1. The van der Waals surface area contributed by atoms with Gasteiger partial charge in [0.05, 0.1) is 15.9 Å². The van der Waals surface area contributed by atoms with Crippen LogP contribution in [0.25, 0.3) is 33.3 Å². The number of halogens is 2. The third-order valence-electron chi connectivity index (χ3n) is 6.87. The van der Waals surface area contributed by atoms with E-state index in [-0.39, 0.29) is 23.5 Å². The molecule has 1 saturated carbocycles. The molecular weight excluding hydrogens is 496 g/mol. The van der Waals surface area contributed by atoms with Gasteiger partial charge in [0.25, 0.3) is 5.91 Å². The number of carbonyl (C=O) groups excluding carboxylic acids is 1. The Balaban J connectivity index is 1.29. The molecule has 37 heavy (non-hydrogen) atoms. The summed E-state index contributed by atoms with van der Waals surface area (Å²) < 4.78 is 30.2. The van der Waals surface area contributed by atoms with Gasteiger partial charge in [-0.3, -0.25) is 4.79 Å². The van der Waals surface area contributed by atoms with Gasteiger partial charge in [-0.15, -0.1) is 11.3 Å². The first-order valence-corrected chi connectivity index (χ1v) is 13.0. The predicted octanol–water partition coefficient (Wildman–Crippen LogP) is 5.31. The molecule has 5 aromatic rings. The van der Waals surface area contributed by atoms with Crippen LogP contribution >= 0.6 is 11.3 Å². The lowest BCUT2D eigenvalue weighted by Crippen LogP contribution is -2.42. The molecular formula is C26H25F2N7OS. The van der Waals surface area contributed by atoms with E-state index >= 15 is 0 Å². The minimum atomic E-state index is -0.664. The van der Waals surface area contributed by atoms with Crippen LogP contribution in [0.1, 0.15) is 41.2 Å². The minimum absolute atomic E-state index is 0.0212. The summed E-state index contributed by atoms with van der Waals surface area (Å²) in [6, 6.07) is 4.19. The second kappa shape index (κ2) is 9.22. The van der Waals surface area contributed by atoms with Crippen molar-refractivity contribution >= 4 is 45.0 Å². The van der Waals surface area contributed by atoms with Gasteiger partial charge in [0, 0.05) is 53.9 Å². The number of carbonyl (C=O) groups is 1. The summed E-state index contributed by atoms with van der Waals surface area (Å²) in [5.41, 5.74) is 1.89. The second-order valence-electron chi connectivity index (χ2n) is 9.50. The third-order valence-corrected chi connectivity index (χ3v) is 7.65. The highest BCUT2D eigenvalue weighted by Gasteiger charge is 2.26. The van der Waals surface area contributed by atoms with Crippen molar-refractivity contribution in [3.63, 3.8) is 0 Å². The molecule has 0 saturated heterocycles. The van der Waals surface area contributed by atoms with Crippen LogP contribution in [0, 0.1) is 18.6 Å². The molecule has 0 bridgehead atoms. The van der Waals surface area contributed by atoms with Crippen LogP contribution in [0.2, 0.25) is 0 Å². The molecule has 3 N–H and O–H groups in total. The highest BCUT2D eigenvalue weighted by Crippen LogP contribution is 2.33. The molecule has 190 valence electrons. The smallest absolute Gasteiger partial charge is 0.270 e. The molecule has 0 aliphatic heterocycles. The van der Waals surface area contributed by atoms with Crippen LogP contribution in [0.5, 0.6) is 0 Å². The lowest BCUT2D eigenvalue weighted by Gasteiger charge is -2.30. The van der Waals surface area contributed by atoms with Crippen molar-refractivity contribution in [1.29, 1.82) is 0 Å². The Kier molecular flexibility index (Phi) is 5.86. The normalized spacial score (nSPS) is 17.9. The van der Waals surface area contributed by atoms with Gasteiger partial charge >= 0.3 is 0 Å². The van der Waals surface area contributed by atoms with Crippen molar-refractivity contribution in [2.75, 3.05) is 5.32 Å². The quantitative estimate of drug-likeness (QED) is 0.291. The Bertz CT molecular complexity index is 1640. The molecule has 1 aliphatic carbocycles. The fraction of sp³-hybridized carbons (Fsp3) is 0.308. The number of rotatable bonds is 5. The van der Waals surface area contributed by atoms with E-state index in [1.807, 2.05) is 30.8 Å². The molecule has 2 atom stereocenters. The molecule has 0 radical (unpaired) electrons. The van der Waals surface area contributed by atoms with Crippen molar-refractivity contribution in [1.82, 2.24) is 29.8 Å². The van der Waals surface area contributed by atoms with E-state index in [4.69, 9.17) is 9.97 Å². The third kappa shape index (κ3) is 4.43. The van der Waals surface area contributed by atoms with E-state index in [0.717, 1.165) is 42.1 Å². The first kappa shape index (κ1) is 23.5. The number of nitrogens with zero attached hydrogens (tertiary/aromatic N) is 4. The fourth-order valence-electron chi connectivity index (χ4n) is 5.08. The van der Waals surface area contributed by atoms with Crippen LogP contribution in [0.4, 0.5) is 14.6 Å². The maximum atomic E-state index is 14.3. The number of H-pyrrole nitrogens is 1. The second-order valence-corrected chi connectivity index (χ2v) is 10.6. The maximum absolute atomic E-state index is 14.3. The zero-order valence-corrected chi connectivity index (χ0v) is 21.1. The summed E-state index contributed by atoms with van der Waals surface area (Å²) in [6.45, 7) is 1.88. The lowest BCUT2D eigenvalue weighted by molar-refractivity contribution is 0.0922. The van der Waals surface area contributed by atoms with Crippen LogP contribution in [-0.4, -0.2) is 42.5 Å². The molecule has 0 spiro atoms. The summed E-state index contributed by atoms with van der Waals surface area (Å²) in [6.07, 6.45) is 7.03. The molecule has 0 unspecified atom stereocenters. The maximum Gasteiger partial charge on any atom is 0.270 e. The van der Waals surface area contributed by atoms with Crippen LogP contribution in [0.15, 0.2) is 36.0 Å². The topological polar surface area (TPSA) is 101 Å². The van der Waals surface area contributed by atoms with Crippen molar-refractivity contribution in [2.45, 2.75) is 44.7 Å². The van der Waals surface area contributed by atoms with Crippen LogP contribution in [-0.2, 0) is 7.05 Å². The SMILES string of the molecule is Cc1nc(C(=O)N[C@@H]2CCC[C@H](Nc3nc(-c4c[nH]c5c(F)cc(F)cc45)nc4c3ccn4C)C2)cs1. The number of aryl methyl sites for hydroxylation is 2. The largest absolute Gasteiger partial charge is 0.367 e. The lowest BCUT2D eigenvalue weighted by atomic mass is 9.90. The fourth-order valence-corrected chi connectivity index (χ4v) is 5.67. The zero-order chi connectivity index (χ0) is 25.7. The van der Waals surface area contributed by atoms with E-state index in [1.165, 1.54) is 17.4 Å². The van der Waals surface area contributed by atoms with E-state index < -0.39 is 11.6 Å². The molecule has 1 fully saturated rings. The summed E-state index contributed by atoms with van der Waals surface area (Å²) in [4.78, 5) is 29.3. The number of thiazole rings is 1. The highest BCUT2D eigenvalue weighted by molar-refractivity contribution is 7.09. The number of hydrogen-bond donors (Lipinski definition) is 3. The Morgan fingerprint density at radius 1 is 1.16 bits per heavy atom. The van der Waals surface area contributed by atoms with Gasteiger partial charge in [-0.25, -0.2) is 23.7 Å². The van der Waals surface area contributed by atoms with E-state index in [9.17, 15) is 13.6 Å². The summed E-state index contributed by atoms with van der Waals surface area (Å²) in [7, 11) is 1.89. The first-order valence-electron chi connectivity index (χ1n) is 12.1. The Morgan fingerprint density at radius 3 is 2.81 bits per heavy atom. The molecule has 11 heteroatoms. The number of nitrogens with one attached hydrogen (secondary N) is 3. The Labute approximate surface area is 215 Å². The van der Waals surface area contributed by atoms with Gasteiger partial charge in [0.15, 0.2) is 5.82 Å². The van der Waals surface area contributed by atoms with Crippen molar-refractivity contribution in [2.24, 2.45) is 7.05 Å². The average Bonchev–Trinajstić information content (AvgIpc) is 3.58. The van der Waals surface area contributed by atoms with Crippen molar-refractivity contribution in [3.05, 3.63) is 58.3 Å². The van der Waals surface area contributed by atoms with Gasteiger partial charge in [0.1, 0.15) is 28.8 Å². The van der Waals surface area contributed by atoms with Gasteiger partial charge in [-0.1, -0.05) is 0 Å². The zero-order valence-electron chi connectivity index (χ0n) is 20.3. The van der Waals surface area contributed by atoms with Crippen LogP contribution in [0.3, 0.4) is 0 Å². The number of hydrogen-bond acceptors (Lipinski definition) is 6. The van der Waals surface area contributed by atoms with E-state index in [1.54, 1.807) is 11.6 Å². The average molecular weight is 522 g/mol. The van der Waals surface area contributed by atoms with Gasteiger partial charge in [0.2, 0.25) is 0 Å². The van der Waals surface area contributed by atoms with E-state index in [2.05, 4.69) is 20.6 Å². The van der Waals surface area contributed by atoms with Gasteiger partial charge in [-0.2, -0.15) is 0 Å². The number of benzene rings is 1. The van der Waals surface area contributed by atoms with Crippen molar-refractivity contribution < 1.29 is 13.6 Å². The Morgan fingerprint density at radius 2 is 2.00 bits per heavy atom. The minimum Gasteiger partial charge on any atom is -0.367 e. The molecule has 1 aromatic carbocycles. The molecule has 1 aliphatic rings. The first-order chi connectivity index (χ1) is 17.9. The number of aromatic amines is 1. The number of anilines is 1. The van der Waals surface area contributed by atoms with Crippen molar-refractivity contribution in [3.8, 4) is 11.4 Å². The molecule has 8 nitrogen and oxygen atoms in total. The number of fused-ring (bicyclic) bond motifs is 2. The summed E-state index contributed by atoms with van der Waals surface area (Å²) in [5, 5.41) is 10.6.